The molecular weight excluding hydrogens is 541 g/mol. The molecule has 0 bridgehead atoms. The van der Waals surface area contributed by atoms with Gasteiger partial charge in [-0.15, -0.1) is 24.8 Å². The Morgan fingerprint density at radius 3 is 2.26 bits per heavy atom. The highest BCUT2D eigenvalue weighted by atomic mass is 35.5. The van der Waals surface area contributed by atoms with Crippen molar-refractivity contribution in [1.29, 1.82) is 5.41 Å². The first-order chi connectivity index (χ1) is 17.3. The van der Waals surface area contributed by atoms with Crippen LogP contribution in [0, 0.1) is 5.41 Å². The van der Waals surface area contributed by atoms with Crippen LogP contribution in [0.1, 0.15) is 58.2 Å². The van der Waals surface area contributed by atoms with Crippen molar-refractivity contribution in [3.63, 3.8) is 0 Å². The number of likely N-dealkylation sites (N-methyl/N-ethyl adjacent to an activating group) is 1. The maximum atomic E-state index is 13.6. The van der Waals surface area contributed by atoms with Gasteiger partial charge in [-0.3, -0.25) is 15.0 Å². The number of benzene rings is 2. The van der Waals surface area contributed by atoms with Gasteiger partial charge in [0.05, 0.1) is 31.5 Å². The Balaban J connectivity index is 0.00000380. The summed E-state index contributed by atoms with van der Waals surface area (Å²) in [6, 6.07) is 7.33. The molecule has 0 aliphatic carbocycles. The number of carbonyl (C=O) groups is 2. The third-order valence-electron chi connectivity index (χ3n) is 6.69. The van der Waals surface area contributed by atoms with E-state index in [1.807, 2.05) is 43.1 Å². The maximum Gasteiger partial charge on any atom is 0.253 e. The van der Waals surface area contributed by atoms with Crippen LogP contribution in [0.2, 0.25) is 0 Å². The van der Waals surface area contributed by atoms with Gasteiger partial charge < -0.3 is 29.9 Å². The molecule has 1 aliphatic heterocycles. The van der Waals surface area contributed by atoms with Crippen LogP contribution in [0.3, 0.4) is 0 Å². The predicted molar refractivity (Wildman–Crippen MR) is 162 cm³/mol. The molecule has 11 heteroatoms. The minimum absolute atomic E-state index is 0. The first-order valence-electron chi connectivity index (χ1n) is 12.3. The van der Waals surface area contributed by atoms with E-state index in [1.165, 1.54) is 0 Å². The van der Waals surface area contributed by atoms with Crippen LogP contribution in [0.5, 0.6) is 5.75 Å². The number of aliphatic hydroxyl groups is 1. The number of nitrogens with one attached hydrogen (secondary N) is 2. The van der Waals surface area contributed by atoms with Gasteiger partial charge in [-0.1, -0.05) is 20.8 Å². The number of Topliss-reactive ketones (excluding diaryl/α,β-unsaturated/α-hetero) is 1. The summed E-state index contributed by atoms with van der Waals surface area (Å²) in [6.45, 7) is 6.99. The number of aliphatic hydroxyl groups excluding tert-OH is 1. The molecule has 0 aromatic heterocycles. The predicted octanol–water partition coefficient (Wildman–Crippen LogP) is 3.71. The molecule has 0 saturated carbocycles. The molecule has 1 heterocycles. The summed E-state index contributed by atoms with van der Waals surface area (Å²) in [5.74, 6) is 0.560. The van der Waals surface area contributed by atoms with Gasteiger partial charge in [0, 0.05) is 63.7 Å². The minimum Gasteiger partial charge on any atom is -0.494 e. The van der Waals surface area contributed by atoms with Crippen molar-refractivity contribution in [3.05, 3.63) is 52.1 Å². The van der Waals surface area contributed by atoms with Crippen LogP contribution in [0.15, 0.2) is 24.3 Å². The Hall–Kier alpha value is -3.01. The topological polar surface area (TPSA) is 109 Å². The highest BCUT2D eigenvalue weighted by molar-refractivity contribution is 6.08. The smallest absolute Gasteiger partial charge is 0.253 e. The third kappa shape index (κ3) is 6.96. The van der Waals surface area contributed by atoms with Gasteiger partial charge in [-0.05, 0) is 35.2 Å². The Labute approximate surface area is 243 Å². The summed E-state index contributed by atoms with van der Waals surface area (Å²) in [7, 11) is 8.79. The number of hydrogen-bond donors (Lipinski definition) is 3. The lowest BCUT2D eigenvalue weighted by molar-refractivity contribution is 0.0955. The molecule has 1 aliphatic rings. The number of nitrogens with zero attached hydrogens (tertiary/aromatic N) is 3. The molecule has 2 aromatic carbocycles. The van der Waals surface area contributed by atoms with E-state index in [0.29, 0.717) is 35.5 Å². The van der Waals surface area contributed by atoms with Crippen molar-refractivity contribution < 1.29 is 19.4 Å². The number of hydrogen-bond acceptors (Lipinski definition) is 7. The lowest BCUT2D eigenvalue weighted by atomic mass is 9.84. The molecule has 0 unspecified atom stereocenters. The second-order valence-electron chi connectivity index (χ2n) is 10.6. The molecule has 3 rings (SSSR count). The minimum atomic E-state index is -0.286. The van der Waals surface area contributed by atoms with Crippen LogP contribution < -0.4 is 19.9 Å². The van der Waals surface area contributed by atoms with Crippen molar-refractivity contribution in [2.24, 2.45) is 0 Å². The number of methoxy groups -OCH3 is 1. The van der Waals surface area contributed by atoms with Gasteiger partial charge in [0.1, 0.15) is 11.6 Å². The average molecular weight is 583 g/mol. The standard InChI is InChI=1S/C28H39N5O4.2ClH/c1-28(2,3)21-11-17(12-23(25(21)37-8)32(7)9-10-34)24(35)16-33-15-18-13-22(31(5)6)20(27(36)30-4)14-19(18)26(33)29;;/h11-14,29,34H,9-10,15-16H2,1-8H3,(H,30,36);2*1H. The van der Waals surface area contributed by atoms with E-state index >= 15 is 0 Å². The SMILES string of the molecule is CNC(=O)c1cc2c(cc1N(C)C)CN(CC(=O)c1cc(N(C)CCO)c(OC)c(C(C)(C)C)c1)C2=N.Cl.Cl. The summed E-state index contributed by atoms with van der Waals surface area (Å²) in [5.41, 5.74) is 4.68. The van der Waals surface area contributed by atoms with Crippen LogP contribution in [0.25, 0.3) is 0 Å². The Morgan fingerprint density at radius 2 is 1.74 bits per heavy atom. The van der Waals surface area contributed by atoms with E-state index in [-0.39, 0.29) is 60.9 Å². The molecule has 0 fully saturated rings. The number of amides is 1. The number of halogens is 2. The van der Waals surface area contributed by atoms with Crippen LogP contribution in [0.4, 0.5) is 11.4 Å². The van der Waals surface area contributed by atoms with Gasteiger partial charge in [0.25, 0.3) is 5.91 Å². The molecule has 3 N–H and O–H groups in total. The van der Waals surface area contributed by atoms with Crippen molar-refractivity contribution >= 4 is 53.7 Å². The van der Waals surface area contributed by atoms with E-state index in [9.17, 15) is 14.7 Å². The number of anilines is 2. The monoisotopic (exact) mass is 581 g/mol. The number of ether oxygens (including phenoxy) is 1. The molecule has 0 saturated heterocycles. The Bertz CT molecular complexity index is 1230. The van der Waals surface area contributed by atoms with E-state index in [0.717, 1.165) is 22.5 Å². The van der Waals surface area contributed by atoms with E-state index in [2.05, 4.69) is 26.1 Å². The van der Waals surface area contributed by atoms with Crippen molar-refractivity contribution in [2.75, 3.05) is 64.8 Å². The fourth-order valence-corrected chi connectivity index (χ4v) is 4.62. The molecule has 0 spiro atoms. The first-order valence-corrected chi connectivity index (χ1v) is 12.3. The second kappa shape index (κ2) is 13.4. The first kappa shape index (κ1) is 34.0. The van der Waals surface area contributed by atoms with E-state index in [4.69, 9.17) is 10.1 Å². The molecule has 2 aromatic rings. The molecule has 216 valence electrons. The molecule has 39 heavy (non-hydrogen) atoms. The van der Waals surface area contributed by atoms with Crippen LogP contribution in [-0.2, 0) is 12.0 Å². The number of ketones is 1. The Morgan fingerprint density at radius 1 is 1.10 bits per heavy atom. The number of amidine groups is 1. The van der Waals surface area contributed by atoms with Gasteiger partial charge in [0.15, 0.2) is 5.78 Å². The van der Waals surface area contributed by atoms with E-state index in [1.54, 1.807) is 31.2 Å². The molecule has 9 nitrogen and oxygen atoms in total. The highest BCUT2D eigenvalue weighted by Gasteiger charge is 2.31. The van der Waals surface area contributed by atoms with Gasteiger partial charge in [0.2, 0.25) is 0 Å². The third-order valence-corrected chi connectivity index (χ3v) is 6.69. The molecular formula is C28H41Cl2N5O4. The summed E-state index contributed by atoms with van der Waals surface area (Å²) in [4.78, 5) is 31.6. The normalized spacial score (nSPS) is 12.2. The van der Waals surface area contributed by atoms with Gasteiger partial charge >= 0.3 is 0 Å². The summed E-state index contributed by atoms with van der Waals surface area (Å²) >= 11 is 0. The largest absolute Gasteiger partial charge is 0.494 e. The quantitative estimate of drug-likeness (QED) is 0.387. The number of fused-ring (bicyclic) bond motifs is 1. The van der Waals surface area contributed by atoms with Crippen molar-refractivity contribution in [2.45, 2.75) is 32.7 Å². The van der Waals surface area contributed by atoms with Gasteiger partial charge in [-0.25, -0.2) is 0 Å². The number of carbonyl (C=O) groups excluding carboxylic acids is 2. The Kier molecular flexibility index (Phi) is 11.7. The van der Waals surface area contributed by atoms with E-state index < -0.39 is 0 Å². The summed E-state index contributed by atoms with van der Waals surface area (Å²) < 4.78 is 5.75. The van der Waals surface area contributed by atoms with Crippen LogP contribution in [-0.4, -0.2) is 82.5 Å². The molecule has 0 atom stereocenters. The fraction of sp³-hybridized carbons (Fsp3) is 0.464. The zero-order chi connectivity index (χ0) is 27.7. The number of rotatable bonds is 9. The second-order valence-corrected chi connectivity index (χ2v) is 10.6. The van der Waals surface area contributed by atoms with Crippen molar-refractivity contribution in [1.82, 2.24) is 10.2 Å². The summed E-state index contributed by atoms with van der Waals surface area (Å²) in [5, 5.41) is 20.9. The van der Waals surface area contributed by atoms with Crippen molar-refractivity contribution in [3.8, 4) is 5.75 Å². The fourth-order valence-electron chi connectivity index (χ4n) is 4.62. The molecule has 0 radical (unpaired) electrons. The zero-order valence-electron chi connectivity index (χ0n) is 24.0. The summed E-state index contributed by atoms with van der Waals surface area (Å²) in [6.07, 6.45) is 0. The zero-order valence-corrected chi connectivity index (χ0v) is 25.6. The lowest BCUT2D eigenvalue weighted by Crippen LogP contribution is -2.31. The highest BCUT2D eigenvalue weighted by Crippen LogP contribution is 2.40. The lowest BCUT2D eigenvalue weighted by Gasteiger charge is -2.29. The average Bonchev–Trinajstić information content (AvgIpc) is 3.15. The van der Waals surface area contributed by atoms with Crippen LogP contribution >= 0.6 is 24.8 Å². The maximum absolute atomic E-state index is 13.6. The molecule has 1 amide bonds. The van der Waals surface area contributed by atoms with Gasteiger partial charge in [-0.2, -0.15) is 0 Å².